The minimum atomic E-state index is -0.886. The van der Waals surface area contributed by atoms with E-state index in [4.69, 9.17) is 9.84 Å². The van der Waals surface area contributed by atoms with Crippen molar-refractivity contribution in [2.24, 2.45) is 0 Å². The smallest absolute Gasteiger partial charge is 0.303 e. The van der Waals surface area contributed by atoms with Gasteiger partial charge in [0.05, 0.1) is 0 Å². The first-order valence-electron chi connectivity index (χ1n) is 6.90. The van der Waals surface area contributed by atoms with E-state index in [-0.39, 0.29) is 24.3 Å². The van der Waals surface area contributed by atoms with Crippen LogP contribution in [0, 0.1) is 0 Å². The minimum Gasteiger partial charge on any atom is -0.481 e. The van der Waals surface area contributed by atoms with Crippen molar-refractivity contribution in [2.45, 2.75) is 45.6 Å². The highest BCUT2D eigenvalue weighted by atomic mass is 16.5. The Morgan fingerprint density at radius 1 is 1.40 bits per heavy atom. The van der Waals surface area contributed by atoms with E-state index in [0.717, 1.165) is 12.1 Å². The Labute approximate surface area is 119 Å². The van der Waals surface area contributed by atoms with Crippen LogP contribution in [-0.2, 0) is 22.5 Å². The molecule has 0 bridgehead atoms. The van der Waals surface area contributed by atoms with Crippen LogP contribution in [-0.4, -0.2) is 29.4 Å². The maximum absolute atomic E-state index is 12.4. The summed E-state index contributed by atoms with van der Waals surface area (Å²) in [4.78, 5) is 23.1. The molecule has 0 aliphatic carbocycles. The van der Waals surface area contributed by atoms with Gasteiger partial charge >= 0.3 is 5.97 Å². The molecule has 0 saturated carbocycles. The van der Waals surface area contributed by atoms with Crippen LogP contribution in [0.25, 0.3) is 0 Å². The fraction of sp³-hybridized carbons (Fsp3) is 0.600. The molecule has 1 heterocycles. The topological polar surface area (TPSA) is 68.5 Å². The Balaban J connectivity index is 3.03. The predicted octanol–water partition coefficient (Wildman–Crippen LogP) is 2.03. The lowest BCUT2D eigenvalue weighted by atomic mass is 10.1. The fourth-order valence-corrected chi connectivity index (χ4v) is 2.17. The molecular weight excluding hydrogens is 258 g/mol. The molecule has 0 radical (unpaired) electrons. The average molecular weight is 281 g/mol. The van der Waals surface area contributed by atoms with Crippen LogP contribution in [0.2, 0.25) is 0 Å². The standard InChI is InChI=1S/C15H23NO4/c1-11(2)13-7-5-12(6-8-14(17)18)15(19)16(13)9-4-10-20-3/h5,7,11H,4,6,8-10H2,1-3H3,(H,17,18). The second kappa shape index (κ2) is 7.85. The summed E-state index contributed by atoms with van der Waals surface area (Å²) in [6.45, 7) is 5.28. The van der Waals surface area contributed by atoms with Crippen LogP contribution in [0.1, 0.15) is 43.9 Å². The van der Waals surface area contributed by atoms with Gasteiger partial charge in [0.25, 0.3) is 5.56 Å². The largest absolute Gasteiger partial charge is 0.481 e. The van der Waals surface area contributed by atoms with Gasteiger partial charge in [-0.3, -0.25) is 9.59 Å². The minimum absolute atomic E-state index is 0.0195. The number of carboxylic acids is 1. The van der Waals surface area contributed by atoms with Gasteiger partial charge in [0.2, 0.25) is 0 Å². The van der Waals surface area contributed by atoms with Crippen molar-refractivity contribution in [1.29, 1.82) is 0 Å². The molecular formula is C15H23NO4. The van der Waals surface area contributed by atoms with Gasteiger partial charge in [-0.15, -0.1) is 0 Å². The molecule has 1 N–H and O–H groups in total. The lowest BCUT2D eigenvalue weighted by molar-refractivity contribution is -0.136. The summed E-state index contributed by atoms with van der Waals surface area (Å²) in [7, 11) is 1.63. The van der Waals surface area contributed by atoms with Gasteiger partial charge in [-0.1, -0.05) is 19.9 Å². The van der Waals surface area contributed by atoms with Gasteiger partial charge in [-0.05, 0) is 24.8 Å². The zero-order valence-electron chi connectivity index (χ0n) is 12.4. The molecule has 0 amide bonds. The van der Waals surface area contributed by atoms with Crippen LogP contribution in [0.5, 0.6) is 0 Å². The van der Waals surface area contributed by atoms with Gasteiger partial charge in [0.15, 0.2) is 0 Å². The third-order valence-corrected chi connectivity index (χ3v) is 3.22. The normalized spacial score (nSPS) is 11.0. The molecule has 1 aromatic rings. The van der Waals surface area contributed by atoms with Crippen molar-refractivity contribution >= 4 is 5.97 Å². The van der Waals surface area contributed by atoms with Crippen LogP contribution < -0.4 is 5.56 Å². The number of nitrogens with zero attached hydrogens (tertiary/aromatic N) is 1. The first-order chi connectivity index (χ1) is 9.47. The summed E-state index contributed by atoms with van der Waals surface area (Å²) in [5, 5.41) is 8.73. The molecule has 0 fully saturated rings. The summed E-state index contributed by atoms with van der Waals surface area (Å²) in [5.74, 6) is -0.637. The monoisotopic (exact) mass is 281 g/mol. The van der Waals surface area contributed by atoms with Gasteiger partial charge < -0.3 is 14.4 Å². The van der Waals surface area contributed by atoms with E-state index in [1.807, 2.05) is 19.9 Å². The maximum atomic E-state index is 12.4. The summed E-state index contributed by atoms with van der Waals surface area (Å²) in [5.41, 5.74) is 1.47. The van der Waals surface area contributed by atoms with E-state index in [1.165, 1.54) is 0 Å². The summed E-state index contributed by atoms with van der Waals surface area (Å²) in [6, 6.07) is 3.68. The number of carbonyl (C=O) groups is 1. The van der Waals surface area contributed by atoms with Crippen LogP contribution in [0.4, 0.5) is 0 Å². The second-order valence-electron chi connectivity index (χ2n) is 5.14. The van der Waals surface area contributed by atoms with Crippen molar-refractivity contribution in [1.82, 2.24) is 4.57 Å². The number of hydrogen-bond acceptors (Lipinski definition) is 3. The summed E-state index contributed by atoms with van der Waals surface area (Å²) in [6.07, 6.45) is 1.02. The van der Waals surface area contributed by atoms with Gasteiger partial charge in [0.1, 0.15) is 0 Å². The van der Waals surface area contributed by atoms with Crippen molar-refractivity contribution in [3.8, 4) is 0 Å². The molecule has 1 rings (SSSR count). The number of carboxylic acid groups (broad SMARTS) is 1. The number of methoxy groups -OCH3 is 1. The molecule has 0 aliphatic heterocycles. The Morgan fingerprint density at radius 3 is 2.65 bits per heavy atom. The van der Waals surface area contributed by atoms with Gasteiger partial charge in [0, 0.05) is 37.9 Å². The quantitative estimate of drug-likeness (QED) is 0.740. The Morgan fingerprint density at radius 2 is 2.10 bits per heavy atom. The molecule has 5 nitrogen and oxygen atoms in total. The molecule has 0 atom stereocenters. The first-order valence-corrected chi connectivity index (χ1v) is 6.90. The molecule has 0 unspecified atom stereocenters. The van der Waals surface area contributed by atoms with E-state index >= 15 is 0 Å². The number of rotatable bonds is 8. The second-order valence-corrected chi connectivity index (χ2v) is 5.14. The molecule has 0 saturated heterocycles. The third-order valence-electron chi connectivity index (χ3n) is 3.22. The number of aryl methyl sites for hydroxylation is 1. The number of pyridine rings is 1. The summed E-state index contributed by atoms with van der Waals surface area (Å²) < 4.78 is 6.77. The van der Waals surface area contributed by atoms with Crippen molar-refractivity contribution in [3.05, 3.63) is 33.7 Å². The van der Waals surface area contributed by atoms with Gasteiger partial charge in [-0.2, -0.15) is 0 Å². The summed E-state index contributed by atoms with van der Waals surface area (Å²) >= 11 is 0. The zero-order valence-corrected chi connectivity index (χ0v) is 12.4. The molecule has 20 heavy (non-hydrogen) atoms. The highest BCUT2D eigenvalue weighted by Crippen LogP contribution is 2.14. The van der Waals surface area contributed by atoms with E-state index in [1.54, 1.807) is 17.7 Å². The van der Waals surface area contributed by atoms with Crippen molar-refractivity contribution in [2.75, 3.05) is 13.7 Å². The maximum Gasteiger partial charge on any atom is 0.303 e. The van der Waals surface area contributed by atoms with Crippen LogP contribution >= 0.6 is 0 Å². The third kappa shape index (κ3) is 4.49. The molecule has 112 valence electrons. The molecule has 0 aliphatic rings. The average Bonchev–Trinajstić information content (AvgIpc) is 2.38. The Kier molecular flexibility index (Phi) is 6.45. The zero-order chi connectivity index (χ0) is 15.1. The van der Waals surface area contributed by atoms with E-state index in [2.05, 4.69) is 0 Å². The van der Waals surface area contributed by atoms with E-state index in [9.17, 15) is 9.59 Å². The molecule has 5 heteroatoms. The molecule has 1 aromatic heterocycles. The van der Waals surface area contributed by atoms with Gasteiger partial charge in [-0.25, -0.2) is 0 Å². The Bertz CT molecular complexity index is 505. The predicted molar refractivity (Wildman–Crippen MR) is 77.2 cm³/mol. The molecule has 0 aromatic carbocycles. The first kappa shape index (κ1) is 16.4. The number of ether oxygens (including phenoxy) is 1. The Hall–Kier alpha value is -1.62. The lowest BCUT2D eigenvalue weighted by Crippen LogP contribution is -2.28. The van der Waals surface area contributed by atoms with Crippen LogP contribution in [0.3, 0.4) is 0 Å². The fourth-order valence-electron chi connectivity index (χ4n) is 2.17. The number of aromatic nitrogens is 1. The lowest BCUT2D eigenvalue weighted by Gasteiger charge is -2.17. The van der Waals surface area contributed by atoms with E-state index < -0.39 is 5.97 Å². The van der Waals surface area contributed by atoms with E-state index in [0.29, 0.717) is 18.7 Å². The van der Waals surface area contributed by atoms with Crippen molar-refractivity contribution in [3.63, 3.8) is 0 Å². The SMILES string of the molecule is COCCCn1c(C(C)C)ccc(CCC(=O)O)c1=O. The highest BCUT2D eigenvalue weighted by molar-refractivity contribution is 5.67. The van der Waals surface area contributed by atoms with Crippen molar-refractivity contribution < 1.29 is 14.6 Å². The molecule has 0 spiro atoms. The highest BCUT2D eigenvalue weighted by Gasteiger charge is 2.12. The number of hydrogen-bond donors (Lipinski definition) is 1. The van der Waals surface area contributed by atoms with Crippen LogP contribution in [0.15, 0.2) is 16.9 Å². The number of aliphatic carboxylic acids is 1.